The summed E-state index contributed by atoms with van der Waals surface area (Å²) in [5.74, 6) is 0. The van der Waals surface area contributed by atoms with Gasteiger partial charge in [-0.25, -0.2) is 0 Å². The summed E-state index contributed by atoms with van der Waals surface area (Å²) < 4.78 is 0. The lowest BCUT2D eigenvalue weighted by Crippen LogP contribution is -1.82. The van der Waals surface area contributed by atoms with Crippen LogP contribution in [0.25, 0.3) is 11.1 Å². The fourth-order valence-electron chi connectivity index (χ4n) is 1.50. The standard InChI is InChI=1S/C13H11NO/c15-14-10-11-5-4-8-13(9-11)12-6-2-1-3-7-12/h1-10,15H. The Bertz CT molecular complexity index is 463. The molecular formula is C13H11NO. The molecule has 2 nitrogen and oxygen atoms in total. The van der Waals surface area contributed by atoms with Crippen LogP contribution in [0, 0.1) is 0 Å². The second-order valence-corrected chi connectivity index (χ2v) is 3.24. The van der Waals surface area contributed by atoms with E-state index in [4.69, 9.17) is 5.21 Å². The second kappa shape index (κ2) is 4.42. The molecule has 15 heavy (non-hydrogen) atoms. The molecule has 2 rings (SSSR count). The van der Waals surface area contributed by atoms with E-state index in [-0.39, 0.29) is 0 Å². The zero-order valence-corrected chi connectivity index (χ0v) is 8.17. The molecule has 0 aliphatic heterocycles. The molecule has 2 aromatic carbocycles. The van der Waals surface area contributed by atoms with Crippen molar-refractivity contribution in [2.45, 2.75) is 0 Å². The molecular weight excluding hydrogens is 186 g/mol. The fourth-order valence-corrected chi connectivity index (χ4v) is 1.50. The van der Waals surface area contributed by atoms with Crippen LogP contribution in [0.1, 0.15) is 5.56 Å². The van der Waals surface area contributed by atoms with E-state index in [9.17, 15) is 0 Å². The first-order chi connectivity index (χ1) is 7.40. The second-order valence-electron chi connectivity index (χ2n) is 3.24. The maximum Gasteiger partial charge on any atom is 0.0734 e. The van der Waals surface area contributed by atoms with Gasteiger partial charge in [-0.05, 0) is 22.8 Å². The maximum absolute atomic E-state index is 8.45. The van der Waals surface area contributed by atoms with Gasteiger partial charge in [-0.2, -0.15) is 0 Å². The molecule has 0 fully saturated rings. The highest BCUT2D eigenvalue weighted by Crippen LogP contribution is 2.19. The Morgan fingerprint density at radius 2 is 1.60 bits per heavy atom. The van der Waals surface area contributed by atoms with Crippen LogP contribution < -0.4 is 0 Å². The molecule has 0 aliphatic carbocycles. The predicted molar refractivity (Wildman–Crippen MR) is 61.3 cm³/mol. The van der Waals surface area contributed by atoms with E-state index in [2.05, 4.69) is 17.3 Å². The van der Waals surface area contributed by atoms with E-state index in [1.807, 2.05) is 42.5 Å². The van der Waals surface area contributed by atoms with E-state index < -0.39 is 0 Å². The van der Waals surface area contributed by atoms with Gasteiger partial charge >= 0.3 is 0 Å². The first kappa shape index (κ1) is 9.46. The zero-order chi connectivity index (χ0) is 10.5. The first-order valence-corrected chi connectivity index (χ1v) is 4.73. The highest BCUT2D eigenvalue weighted by atomic mass is 16.4. The summed E-state index contributed by atoms with van der Waals surface area (Å²) in [4.78, 5) is 0. The molecule has 0 atom stereocenters. The molecule has 74 valence electrons. The summed E-state index contributed by atoms with van der Waals surface area (Å²) in [6.07, 6.45) is 1.42. The van der Waals surface area contributed by atoms with Crippen molar-refractivity contribution in [3.8, 4) is 11.1 Å². The summed E-state index contributed by atoms with van der Waals surface area (Å²) in [6, 6.07) is 17.9. The molecule has 0 heterocycles. The molecule has 0 saturated carbocycles. The number of nitrogens with zero attached hydrogens (tertiary/aromatic N) is 1. The minimum absolute atomic E-state index is 0.888. The summed E-state index contributed by atoms with van der Waals surface area (Å²) in [7, 11) is 0. The zero-order valence-electron chi connectivity index (χ0n) is 8.17. The Hall–Kier alpha value is -2.09. The highest BCUT2D eigenvalue weighted by molar-refractivity contribution is 5.82. The average Bonchev–Trinajstić information content (AvgIpc) is 2.31. The molecule has 0 amide bonds. The summed E-state index contributed by atoms with van der Waals surface area (Å²) in [5.41, 5.74) is 3.16. The third kappa shape index (κ3) is 2.23. The maximum atomic E-state index is 8.45. The lowest BCUT2D eigenvalue weighted by Gasteiger charge is -2.01. The van der Waals surface area contributed by atoms with Gasteiger partial charge in [-0.3, -0.25) is 0 Å². The Kier molecular flexibility index (Phi) is 2.79. The van der Waals surface area contributed by atoms with Crippen molar-refractivity contribution < 1.29 is 5.21 Å². The van der Waals surface area contributed by atoms with Crippen LogP contribution in [0.15, 0.2) is 59.8 Å². The number of rotatable bonds is 2. The van der Waals surface area contributed by atoms with Crippen LogP contribution in [0.2, 0.25) is 0 Å². The van der Waals surface area contributed by atoms with Crippen molar-refractivity contribution >= 4 is 6.21 Å². The molecule has 0 spiro atoms. The third-order valence-corrected chi connectivity index (χ3v) is 2.20. The highest BCUT2D eigenvalue weighted by Gasteiger charge is 1.96. The molecule has 2 aromatic rings. The van der Waals surface area contributed by atoms with Crippen molar-refractivity contribution in [3.05, 3.63) is 60.2 Å². The van der Waals surface area contributed by atoms with E-state index in [1.165, 1.54) is 6.21 Å². The van der Waals surface area contributed by atoms with Crippen molar-refractivity contribution in [1.82, 2.24) is 0 Å². The van der Waals surface area contributed by atoms with Crippen LogP contribution in [-0.2, 0) is 0 Å². The van der Waals surface area contributed by atoms with E-state index in [0.29, 0.717) is 0 Å². The monoisotopic (exact) mass is 197 g/mol. The lowest BCUT2D eigenvalue weighted by atomic mass is 10.0. The van der Waals surface area contributed by atoms with Gasteiger partial charge in [0.1, 0.15) is 0 Å². The largest absolute Gasteiger partial charge is 0.411 e. The minimum atomic E-state index is 0.888. The van der Waals surface area contributed by atoms with Crippen molar-refractivity contribution in [1.29, 1.82) is 0 Å². The fraction of sp³-hybridized carbons (Fsp3) is 0. The van der Waals surface area contributed by atoms with Crippen LogP contribution in [-0.4, -0.2) is 11.4 Å². The smallest absolute Gasteiger partial charge is 0.0734 e. The molecule has 0 unspecified atom stereocenters. The van der Waals surface area contributed by atoms with Gasteiger partial charge in [0.25, 0.3) is 0 Å². The van der Waals surface area contributed by atoms with Gasteiger partial charge in [0.2, 0.25) is 0 Å². The Labute approximate surface area is 88.5 Å². The number of hydrogen-bond acceptors (Lipinski definition) is 2. The van der Waals surface area contributed by atoms with Crippen LogP contribution >= 0.6 is 0 Å². The quantitative estimate of drug-likeness (QED) is 0.447. The Balaban J connectivity index is 2.41. The van der Waals surface area contributed by atoms with Gasteiger partial charge in [-0.1, -0.05) is 53.7 Å². The third-order valence-electron chi connectivity index (χ3n) is 2.20. The molecule has 0 aromatic heterocycles. The molecule has 0 aliphatic rings. The minimum Gasteiger partial charge on any atom is -0.411 e. The molecule has 2 heteroatoms. The Morgan fingerprint density at radius 3 is 2.33 bits per heavy atom. The van der Waals surface area contributed by atoms with Crippen molar-refractivity contribution in [2.24, 2.45) is 5.16 Å². The predicted octanol–water partition coefficient (Wildman–Crippen LogP) is 3.16. The Morgan fingerprint density at radius 1 is 0.867 bits per heavy atom. The summed E-state index contributed by atoms with van der Waals surface area (Å²) in [5, 5.41) is 11.5. The van der Waals surface area contributed by atoms with Gasteiger partial charge in [0.15, 0.2) is 0 Å². The molecule has 0 bridgehead atoms. The number of oxime groups is 1. The van der Waals surface area contributed by atoms with Crippen LogP contribution in [0.3, 0.4) is 0 Å². The average molecular weight is 197 g/mol. The molecule has 1 N–H and O–H groups in total. The summed E-state index contributed by atoms with van der Waals surface area (Å²) in [6.45, 7) is 0. The lowest BCUT2D eigenvalue weighted by molar-refractivity contribution is 0.322. The first-order valence-electron chi connectivity index (χ1n) is 4.73. The molecule has 0 saturated heterocycles. The van der Waals surface area contributed by atoms with Crippen LogP contribution in [0.4, 0.5) is 0 Å². The van der Waals surface area contributed by atoms with Gasteiger partial charge in [-0.15, -0.1) is 0 Å². The van der Waals surface area contributed by atoms with Gasteiger partial charge in [0, 0.05) is 0 Å². The van der Waals surface area contributed by atoms with Crippen LogP contribution in [0.5, 0.6) is 0 Å². The van der Waals surface area contributed by atoms with Gasteiger partial charge < -0.3 is 5.21 Å². The SMILES string of the molecule is ON=Cc1cccc(-c2ccccc2)c1. The van der Waals surface area contributed by atoms with Gasteiger partial charge in [0.05, 0.1) is 6.21 Å². The van der Waals surface area contributed by atoms with E-state index in [1.54, 1.807) is 0 Å². The summed E-state index contributed by atoms with van der Waals surface area (Å²) >= 11 is 0. The number of hydrogen-bond donors (Lipinski definition) is 1. The van der Waals surface area contributed by atoms with E-state index in [0.717, 1.165) is 16.7 Å². The molecule has 0 radical (unpaired) electrons. The van der Waals surface area contributed by atoms with E-state index >= 15 is 0 Å². The van der Waals surface area contributed by atoms with Crippen molar-refractivity contribution in [2.75, 3.05) is 0 Å². The topological polar surface area (TPSA) is 32.6 Å². The number of benzene rings is 2. The normalized spacial score (nSPS) is 10.7. The van der Waals surface area contributed by atoms with Crippen molar-refractivity contribution in [3.63, 3.8) is 0 Å².